The van der Waals surface area contributed by atoms with Gasteiger partial charge in [0.15, 0.2) is 0 Å². The molecule has 1 amide bonds. The van der Waals surface area contributed by atoms with Crippen LogP contribution in [0.15, 0.2) is 89.5 Å². The fourth-order valence-corrected chi connectivity index (χ4v) is 12.3. The topological polar surface area (TPSA) is 199 Å². The van der Waals surface area contributed by atoms with Crippen LogP contribution < -0.4 is 24.6 Å². The average Bonchev–Trinajstić information content (AvgIpc) is 3.92. The molecule has 0 unspecified atom stereocenters. The van der Waals surface area contributed by atoms with Gasteiger partial charge in [0.1, 0.15) is 23.1 Å². The lowest BCUT2D eigenvalue weighted by atomic mass is 9.72. The predicted molar refractivity (Wildman–Crippen MR) is 275 cm³/mol. The van der Waals surface area contributed by atoms with Crippen molar-refractivity contribution in [2.45, 2.75) is 76.7 Å². The second kappa shape index (κ2) is 19.4. The molecule has 10 rings (SSSR count). The molecule has 5 heterocycles. The molecule has 1 saturated carbocycles. The lowest BCUT2D eigenvalue weighted by molar-refractivity contribution is -0.384. The number of H-pyrrole nitrogens is 1. The first-order chi connectivity index (χ1) is 34.0. The molecular weight excluding hydrogens is 942 g/mol. The number of pyridine rings is 1. The van der Waals surface area contributed by atoms with Gasteiger partial charge in [0.05, 0.1) is 32.6 Å². The van der Waals surface area contributed by atoms with E-state index in [2.05, 4.69) is 56.9 Å². The second-order valence-corrected chi connectivity index (χ2v) is 23.2. The third kappa shape index (κ3) is 10.3. The lowest BCUT2D eigenvalue weighted by Crippen LogP contribution is -2.47. The van der Waals surface area contributed by atoms with Crippen molar-refractivity contribution in [1.82, 2.24) is 19.6 Å². The number of hydrogen-bond donors (Lipinski definition) is 3. The molecule has 0 radical (unpaired) electrons. The van der Waals surface area contributed by atoms with Gasteiger partial charge in [0, 0.05) is 99.7 Å². The Labute approximate surface area is 419 Å². The highest BCUT2D eigenvalue weighted by molar-refractivity contribution is 7.90. The summed E-state index contributed by atoms with van der Waals surface area (Å²) in [4.78, 5) is 40.9. The van der Waals surface area contributed by atoms with Crippen LogP contribution in [0.1, 0.15) is 81.6 Å². The molecule has 2 saturated heterocycles. The van der Waals surface area contributed by atoms with Crippen LogP contribution in [0.5, 0.6) is 5.88 Å². The first-order valence-electron chi connectivity index (χ1n) is 24.6. The second-order valence-electron chi connectivity index (χ2n) is 21.0. The van der Waals surface area contributed by atoms with Crippen molar-refractivity contribution in [2.24, 2.45) is 22.7 Å². The van der Waals surface area contributed by atoms with E-state index in [1.54, 1.807) is 12.3 Å². The van der Waals surface area contributed by atoms with E-state index in [0.717, 1.165) is 73.9 Å². The molecule has 16 nitrogen and oxygen atoms in total. The molecule has 0 bridgehead atoms. The summed E-state index contributed by atoms with van der Waals surface area (Å²) in [5.74, 6) is -0.459. The Kier molecular flexibility index (Phi) is 13.3. The van der Waals surface area contributed by atoms with Gasteiger partial charge in [0.2, 0.25) is 5.88 Å². The Hall–Kier alpha value is -6.19. The minimum Gasteiger partial charge on any atom is -0.472 e. The van der Waals surface area contributed by atoms with E-state index >= 15 is 0 Å². The lowest BCUT2D eigenvalue weighted by Gasteiger charge is -2.39. The van der Waals surface area contributed by atoms with Crippen LogP contribution in [0.3, 0.4) is 0 Å². The smallest absolute Gasteiger partial charge is 0.293 e. The summed E-state index contributed by atoms with van der Waals surface area (Å²) in [5, 5.41) is 27.3. The van der Waals surface area contributed by atoms with Gasteiger partial charge in [0.25, 0.3) is 21.6 Å². The molecule has 3 aliphatic heterocycles. The maximum absolute atomic E-state index is 14.7. The number of nitrogens with one attached hydrogen (secondary N) is 3. The molecule has 2 aliphatic carbocycles. The van der Waals surface area contributed by atoms with Crippen molar-refractivity contribution in [3.8, 4) is 11.9 Å². The Bertz CT molecular complexity index is 3050. The molecule has 3 aromatic carbocycles. The minimum absolute atomic E-state index is 0.0710. The highest BCUT2D eigenvalue weighted by atomic mass is 35.5. The fourth-order valence-electron chi connectivity index (χ4n) is 11.2. The van der Waals surface area contributed by atoms with Gasteiger partial charge in [-0.1, -0.05) is 43.2 Å². The maximum Gasteiger partial charge on any atom is 0.293 e. The number of benzene rings is 3. The summed E-state index contributed by atoms with van der Waals surface area (Å²) in [6, 6.07) is 23.6. The van der Waals surface area contributed by atoms with E-state index in [9.17, 15) is 28.6 Å². The Morgan fingerprint density at radius 3 is 2.52 bits per heavy atom. The van der Waals surface area contributed by atoms with Crippen molar-refractivity contribution >= 4 is 72.6 Å². The van der Waals surface area contributed by atoms with Crippen molar-refractivity contribution < 1.29 is 27.6 Å². The SMILES string of the molecule is CC1(C)CCC(CN2CCN(c3ccc(C(=O)NS(=O)(=O)c4ccc(NCC5CCOCC5)c([N+](=O)[O-])c4)c(N4C[C@@H]5C[C@@](C)(C#N)C[C@@H]5Oc5nc6[nH]ccc6cc54)c3)CC2)=C(c2ccc(Cl)cc2)C1. The number of aromatic nitrogens is 2. The summed E-state index contributed by atoms with van der Waals surface area (Å²) >= 11 is 6.30. The zero-order chi connectivity index (χ0) is 49.7. The first kappa shape index (κ1) is 48.4. The average molecular weight is 1000 g/mol. The third-order valence-corrected chi connectivity index (χ3v) is 16.9. The number of nitro benzene ring substituents is 1. The minimum atomic E-state index is -4.63. The number of carbonyl (C=O) groups excluding carboxylic acids is 1. The number of halogens is 1. The van der Waals surface area contributed by atoms with Crippen molar-refractivity contribution in [3.05, 3.63) is 111 Å². The molecule has 5 aliphatic rings. The fraction of sp³-hybridized carbons (Fsp3) is 0.453. The third-order valence-electron chi connectivity index (χ3n) is 15.3. The molecule has 2 aromatic heterocycles. The van der Waals surface area contributed by atoms with Gasteiger partial charge in [-0.15, -0.1) is 0 Å². The number of anilines is 4. The summed E-state index contributed by atoms with van der Waals surface area (Å²) in [6.45, 7) is 12.6. The summed E-state index contributed by atoms with van der Waals surface area (Å²) in [5.41, 5.74) is 5.99. The quantitative estimate of drug-likeness (QED) is 0.0789. The number of amides is 1. The van der Waals surface area contributed by atoms with E-state index < -0.39 is 36.9 Å². The number of nitriles is 1. The van der Waals surface area contributed by atoms with Crippen LogP contribution in [-0.2, 0) is 14.8 Å². The number of nitro groups is 1. The number of aromatic amines is 1. The number of carbonyl (C=O) groups is 1. The first-order valence-corrected chi connectivity index (χ1v) is 26.5. The standard InChI is InChI=1S/C53H60ClN9O7S/c1-52(2)16-12-37(43(28-52)35-4-6-39(54)7-5-35)31-60-18-20-61(21-19-60)40-8-10-42(50(64)59-71(67,68)41-9-11-44(46(26-41)63(65)66)57-30-34-14-22-69-23-15-34)45(25-40)62-32-38-27-53(3,33-55)29-48(38)70-51-47(62)24-36-13-17-56-49(36)58-51/h4-11,13,17,24-26,34,38,48,57H,12,14-16,18-23,27-32H2,1-3H3,(H,56,58)(H,59,64)/t38-,48-,53+/m0/s1. The zero-order valence-corrected chi connectivity index (χ0v) is 42.0. The Balaban J connectivity index is 0.968. The van der Waals surface area contributed by atoms with Gasteiger partial charge in [-0.25, -0.2) is 13.1 Å². The maximum atomic E-state index is 14.7. The summed E-state index contributed by atoms with van der Waals surface area (Å²) < 4.78 is 42.7. The largest absolute Gasteiger partial charge is 0.472 e. The summed E-state index contributed by atoms with van der Waals surface area (Å²) in [7, 11) is -4.63. The molecule has 3 atom stereocenters. The van der Waals surface area contributed by atoms with Crippen LogP contribution in [-0.4, -0.2) is 99.2 Å². The van der Waals surface area contributed by atoms with E-state index in [1.807, 2.05) is 48.2 Å². The number of piperazine rings is 1. The van der Waals surface area contributed by atoms with Crippen molar-refractivity contribution in [2.75, 3.05) is 74.1 Å². The van der Waals surface area contributed by atoms with E-state index in [0.29, 0.717) is 75.1 Å². The van der Waals surface area contributed by atoms with Crippen LogP contribution in [0.25, 0.3) is 16.6 Å². The van der Waals surface area contributed by atoms with Gasteiger partial charge in [-0.3, -0.25) is 19.8 Å². The predicted octanol–water partition coefficient (Wildman–Crippen LogP) is 9.71. The van der Waals surface area contributed by atoms with Gasteiger partial charge >= 0.3 is 0 Å². The van der Waals surface area contributed by atoms with Gasteiger partial charge < -0.3 is 29.6 Å². The zero-order valence-electron chi connectivity index (χ0n) is 40.4. The monoisotopic (exact) mass is 1000 g/mol. The van der Waals surface area contributed by atoms with Gasteiger partial charge in [-0.05, 0) is 123 Å². The number of fused-ring (bicyclic) bond motifs is 3. The number of allylic oxidation sites excluding steroid dienone is 1. The number of sulfonamides is 1. The summed E-state index contributed by atoms with van der Waals surface area (Å²) in [6.07, 6.45) is 7.27. The van der Waals surface area contributed by atoms with E-state index in [4.69, 9.17) is 26.1 Å². The normalized spacial score (nSPS) is 22.8. The van der Waals surface area contributed by atoms with Crippen LogP contribution >= 0.6 is 11.6 Å². The molecule has 3 fully saturated rings. The molecule has 5 aromatic rings. The number of rotatable bonds is 12. The molecular formula is C53H60ClN9O7S. The Morgan fingerprint density at radius 1 is 1.00 bits per heavy atom. The molecule has 3 N–H and O–H groups in total. The van der Waals surface area contributed by atoms with Crippen LogP contribution in [0, 0.1) is 44.1 Å². The van der Waals surface area contributed by atoms with Gasteiger partial charge in [-0.2, -0.15) is 10.2 Å². The molecule has 0 spiro atoms. The van der Waals surface area contributed by atoms with Crippen molar-refractivity contribution in [3.63, 3.8) is 0 Å². The van der Waals surface area contributed by atoms with E-state index in [-0.39, 0.29) is 34.6 Å². The molecule has 18 heteroatoms. The molecule has 71 heavy (non-hydrogen) atoms. The number of hydrogen-bond acceptors (Lipinski definition) is 13. The van der Waals surface area contributed by atoms with Crippen LogP contribution in [0.4, 0.5) is 28.4 Å². The number of ether oxygens (including phenoxy) is 2. The van der Waals surface area contributed by atoms with Crippen LogP contribution in [0.2, 0.25) is 5.02 Å². The number of nitrogens with zero attached hydrogens (tertiary/aromatic N) is 6. The molecule has 372 valence electrons. The van der Waals surface area contributed by atoms with E-state index in [1.165, 1.54) is 28.8 Å². The van der Waals surface area contributed by atoms with Crippen molar-refractivity contribution in [1.29, 1.82) is 5.26 Å². The highest BCUT2D eigenvalue weighted by Crippen LogP contribution is 2.50. The Morgan fingerprint density at radius 2 is 1.77 bits per heavy atom. The highest BCUT2D eigenvalue weighted by Gasteiger charge is 2.47.